The molecule has 1 heterocycles. The largest absolute Gasteiger partial charge is 0.384 e. The van der Waals surface area contributed by atoms with Crippen LogP contribution in [0.15, 0.2) is 42.5 Å². The molecule has 0 saturated heterocycles. The quantitative estimate of drug-likeness (QED) is 0.882. The average Bonchev–Trinajstić information content (AvgIpc) is 2.93. The van der Waals surface area contributed by atoms with Crippen LogP contribution in [0.25, 0.3) is 0 Å². The number of hydrogen-bond donors (Lipinski definition) is 2. The minimum absolute atomic E-state index is 0.283. The van der Waals surface area contributed by atoms with Gasteiger partial charge in [-0.25, -0.2) is 0 Å². The molecule has 0 spiro atoms. The first-order valence-corrected chi connectivity index (χ1v) is 7.45. The molecular weight excluding hydrogens is 268 g/mol. The van der Waals surface area contributed by atoms with Gasteiger partial charge in [-0.2, -0.15) is 0 Å². The van der Waals surface area contributed by atoms with Crippen LogP contribution in [0.4, 0.5) is 5.69 Å². The lowest BCUT2D eigenvalue weighted by molar-refractivity contribution is 0.575. The van der Waals surface area contributed by atoms with Crippen molar-refractivity contribution in [2.24, 2.45) is 0 Å². The van der Waals surface area contributed by atoms with Crippen LogP contribution in [0.5, 0.6) is 0 Å². The van der Waals surface area contributed by atoms with E-state index in [1.807, 2.05) is 18.2 Å². The van der Waals surface area contributed by atoms with Gasteiger partial charge in [0, 0.05) is 29.8 Å². The Morgan fingerprint density at radius 1 is 1.25 bits per heavy atom. The lowest BCUT2D eigenvalue weighted by Gasteiger charge is -2.16. The van der Waals surface area contributed by atoms with Crippen molar-refractivity contribution in [1.82, 2.24) is 5.32 Å². The number of anilines is 1. The molecule has 0 aliphatic carbocycles. The molecule has 0 aromatic heterocycles. The molecule has 104 valence electrons. The summed E-state index contributed by atoms with van der Waals surface area (Å²) < 4.78 is 0. The van der Waals surface area contributed by atoms with E-state index in [-0.39, 0.29) is 6.04 Å². The van der Waals surface area contributed by atoms with E-state index >= 15 is 0 Å². The van der Waals surface area contributed by atoms with Gasteiger partial charge >= 0.3 is 0 Å². The third-order valence-corrected chi connectivity index (χ3v) is 4.12. The van der Waals surface area contributed by atoms with Crippen molar-refractivity contribution in [2.45, 2.75) is 25.9 Å². The fourth-order valence-corrected chi connectivity index (χ4v) is 2.91. The van der Waals surface area contributed by atoms with Crippen LogP contribution in [-0.4, -0.2) is 6.54 Å². The summed E-state index contributed by atoms with van der Waals surface area (Å²) in [6, 6.07) is 14.9. The van der Waals surface area contributed by atoms with E-state index in [2.05, 4.69) is 41.8 Å². The normalized spacial score (nSPS) is 14.7. The topological polar surface area (TPSA) is 24.1 Å². The average molecular weight is 287 g/mol. The Kier molecular flexibility index (Phi) is 3.95. The highest BCUT2D eigenvalue weighted by Crippen LogP contribution is 2.27. The van der Waals surface area contributed by atoms with Crippen LogP contribution in [0, 0.1) is 0 Å². The minimum Gasteiger partial charge on any atom is -0.384 e. The highest BCUT2D eigenvalue weighted by atomic mass is 35.5. The van der Waals surface area contributed by atoms with Crippen molar-refractivity contribution < 1.29 is 0 Å². The predicted octanol–water partition coefficient (Wildman–Crippen LogP) is 4.16. The molecule has 0 radical (unpaired) electrons. The maximum Gasteiger partial charge on any atom is 0.0419 e. The van der Waals surface area contributed by atoms with Crippen molar-refractivity contribution in [3.8, 4) is 0 Å². The van der Waals surface area contributed by atoms with Crippen LogP contribution in [0.1, 0.15) is 29.7 Å². The van der Waals surface area contributed by atoms with E-state index in [9.17, 15) is 0 Å². The molecule has 0 bridgehead atoms. The summed E-state index contributed by atoms with van der Waals surface area (Å²) in [4.78, 5) is 0. The molecule has 2 aromatic carbocycles. The number of para-hydroxylation sites is 1. The van der Waals surface area contributed by atoms with Crippen LogP contribution in [0.2, 0.25) is 5.02 Å². The lowest BCUT2D eigenvalue weighted by Crippen LogP contribution is -2.18. The molecule has 2 nitrogen and oxygen atoms in total. The number of nitrogens with one attached hydrogen (secondary N) is 2. The number of halogens is 1. The Bertz CT molecular complexity index is 610. The number of benzene rings is 2. The van der Waals surface area contributed by atoms with Crippen LogP contribution < -0.4 is 10.6 Å². The summed E-state index contributed by atoms with van der Waals surface area (Å²) in [7, 11) is 0. The number of fused-ring (bicyclic) bond motifs is 1. The van der Waals surface area contributed by atoms with Gasteiger partial charge in [0.15, 0.2) is 0 Å². The zero-order chi connectivity index (χ0) is 13.9. The molecule has 20 heavy (non-hydrogen) atoms. The maximum absolute atomic E-state index is 6.05. The van der Waals surface area contributed by atoms with Gasteiger partial charge in [0.1, 0.15) is 0 Å². The van der Waals surface area contributed by atoms with Crippen molar-refractivity contribution in [3.05, 3.63) is 64.2 Å². The Morgan fingerprint density at radius 3 is 2.95 bits per heavy atom. The first kappa shape index (κ1) is 13.5. The highest BCUT2D eigenvalue weighted by molar-refractivity contribution is 6.30. The first-order valence-electron chi connectivity index (χ1n) is 7.07. The van der Waals surface area contributed by atoms with Gasteiger partial charge in [0.05, 0.1) is 0 Å². The van der Waals surface area contributed by atoms with Crippen LogP contribution in [0.3, 0.4) is 0 Å². The van der Waals surface area contributed by atoms with E-state index in [1.165, 1.54) is 22.4 Å². The fraction of sp³-hybridized carbons (Fsp3) is 0.294. The molecule has 3 rings (SSSR count). The van der Waals surface area contributed by atoms with Crippen LogP contribution in [-0.2, 0) is 13.0 Å². The Morgan fingerprint density at radius 2 is 2.10 bits per heavy atom. The molecule has 0 unspecified atom stereocenters. The van der Waals surface area contributed by atoms with E-state index in [4.69, 9.17) is 11.6 Å². The standard InChI is InChI=1S/C17H19ClN2/c1-12(14-5-3-7-16(18)10-14)20-11-15-6-2-4-13-8-9-19-17(13)15/h2-7,10,12,19-20H,8-9,11H2,1H3/t12-/m1/s1. The van der Waals surface area contributed by atoms with E-state index in [0.29, 0.717) is 0 Å². The SMILES string of the molecule is C[C@@H](NCc1cccc2c1NCC2)c1cccc(Cl)c1. The molecule has 2 aromatic rings. The molecule has 1 aliphatic heterocycles. The lowest BCUT2D eigenvalue weighted by atomic mass is 10.1. The van der Waals surface area contributed by atoms with E-state index in [0.717, 1.165) is 24.5 Å². The van der Waals surface area contributed by atoms with E-state index in [1.54, 1.807) is 0 Å². The number of hydrogen-bond acceptors (Lipinski definition) is 2. The van der Waals surface area contributed by atoms with Crippen molar-refractivity contribution in [3.63, 3.8) is 0 Å². The zero-order valence-corrected chi connectivity index (χ0v) is 12.4. The van der Waals surface area contributed by atoms with Gasteiger partial charge in [-0.15, -0.1) is 0 Å². The highest BCUT2D eigenvalue weighted by Gasteiger charge is 2.14. The van der Waals surface area contributed by atoms with Crippen molar-refractivity contribution in [1.29, 1.82) is 0 Å². The van der Waals surface area contributed by atoms with Gasteiger partial charge in [0.25, 0.3) is 0 Å². The second-order valence-electron chi connectivity index (χ2n) is 5.29. The van der Waals surface area contributed by atoms with Gasteiger partial charge in [0.2, 0.25) is 0 Å². The summed E-state index contributed by atoms with van der Waals surface area (Å²) in [6.07, 6.45) is 1.13. The summed E-state index contributed by atoms with van der Waals surface area (Å²) in [5.74, 6) is 0. The van der Waals surface area contributed by atoms with Gasteiger partial charge in [-0.3, -0.25) is 0 Å². The molecule has 3 heteroatoms. The van der Waals surface area contributed by atoms with E-state index < -0.39 is 0 Å². The summed E-state index contributed by atoms with van der Waals surface area (Å²) in [6.45, 7) is 4.09. The molecule has 0 fully saturated rings. The zero-order valence-electron chi connectivity index (χ0n) is 11.6. The molecule has 0 saturated carbocycles. The third-order valence-electron chi connectivity index (χ3n) is 3.88. The van der Waals surface area contributed by atoms with Gasteiger partial charge in [-0.1, -0.05) is 41.9 Å². The fourth-order valence-electron chi connectivity index (χ4n) is 2.72. The van der Waals surface area contributed by atoms with Gasteiger partial charge < -0.3 is 10.6 Å². The first-order chi connectivity index (χ1) is 9.74. The van der Waals surface area contributed by atoms with Gasteiger partial charge in [-0.05, 0) is 42.2 Å². The molecule has 0 amide bonds. The monoisotopic (exact) mass is 286 g/mol. The maximum atomic E-state index is 6.05. The second-order valence-corrected chi connectivity index (χ2v) is 5.72. The molecule has 1 aliphatic rings. The predicted molar refractivity (Wildman–Crippen MR) is 85.3 cm³/mol. The summed E-state index contributed by atoms with van der Waals surface area (Å²) in [5, 5.41) is 7.84. The second kappa shape index (κ2) is 5.86. The molecular formula is C17H19ClN2. The van der Waals surface area contributed by atoms with Crippen molar-refractivity contribution in [2.75, 3.05) is 11.9 Å². The third kappa shape index (κ3) is 2.82. The minimum atomic E-state index is 0.283. The Hall–Kier alpha value is -1.51. The molecule has 2 N–H and O–H groups in total. The summed E-state index contributed by atoms with van der Waals surface area (Å²) in [5.41, 5.74) is 5.31. The van der Waals surface area contributed by atoms with Crippen molar-refractivity contribution >= 4 is 17.3 Å². The smallest absolute Gasteiger partial charge is 0.0419 e. The Balaban J connectivity index is 1.69. The summed E-state index contributed by atoms with van der Waals surface area (Å²) >= 11 is 6.05. The Labute approximate surface area is 125 Å². The number of rotatable bonds is 4. The van der Waals surface area contributed by atoms with Crippen LogP contribution >= 0.6 is 11.6 Å². The molecule has 1 atom stereocenters.